The second-order valence-electron chi connectivity index (χ2n) is 5.11. The number of carbonyl (C=O) groups excluding carboxylic acids is 1. The number of rotatable bonds is 6. The zero-order valence-electron chi connectivity index (χ0n) is 12.6. The van der Waals surface area contributed by atoms with E-state index in [9.17, 15) is 4.79 Å². The molecule has 0 bridgehead atoms. The van der Waals surface area contributed by atoms with Gasteiger partial charge in [-0.1, -0.05) is 28.1 Å². The average Bonchev–Trinajstić information content (AvgIpc) is 2.45. The monoisotopic (exact) mass is 362 g/mol. The number of amides is 1. The van der Waals surface area contributed by atoms with Gasteiger partial charge in [0.25, 0.3) is 0 Å². The van der Waals surface area contributed by atoms with Crippen molar-refractivity contribution in [3.63, 3.8) is 0 Å². The number of hydrogen-bond acceptors (Lipinski definition) is 3. The molecule has 0 saturated carbocycles. The molecular weight excluding hydrogens is 344 g/mol. The zero-order valence-corrected chi connectivity index (χ0v) is 14.2. The molecule has 116 valence electrons. The predicted octanol–water partition coefficient (Wildman–Crippen LogP) is 4.29. The van der Waals surface area contributed by atoms with Crippen LogP contribution in [0.1, 0.15) is 13.8 Å². The molecule has 2 aromatic rings. The standard InChI is InChI=1S/C17H19BrN2O2/c1-12(2)22-16-8-4-6-14(10-16)19-11-17(21)20-15-7-3-5-13(18)9-15/h3-10,12,19H,11H2,1-2H3,(H,20,21). The number of benzene rings is 2. The van der Waals surface area contributed by atoms with E-state index in [1.807, 2.05) is 62.4 Å². The third-order valence-electron chi connectivity index (χ3n) is 2.77. The van der Waals surface area contributed by atoms with E-state index in [0.717, 1.165) is 21.6 Å². The largest absolute Gasteiger partial charge is 0.491 e. The quantitative estimate of drug-likeness (QED) is 0.805. The Morgan fingerprint density at radius 2 is 1.86 bits per heavy atom. The van der Waals surface area contributed by atoms with Crippen LogP contribution in [0, 0.1) is 0 Å². The molecule has 0 heterocycles. The smallest absolute Gasteiger partial charge is 0.243 e. The minimum absolute atomic E-state index is 0.103. The van der Waals surface area contributed by atoms with Gasteiger partial charge < -0.3 is 15.4 Å². The topological polar surface area (TPSA) is 50.4 Å². The molecule has 0 saturated heterocycles. The van der Waals surface area contributed by atoms with Crippen molar-refractivity contribution < 1.29 is 9.53 Å². The van der Waals surface area contributed by atoms with Crippen molar-refractivity contribution in [2.45, 2.75) is 20.0 Å². The van der Waals surface area contributed by atoms with Gasteiger partial charge in [-0.15, -0.1) is 0 Å². The van der Waals surface area contributed by atoms with Crippen molar-refractivity contribution in [2.75, 3.05) is 17.2 Å². The molecule has 22 heavy (non-hydrogen) atoms. The summed E-state index contributed by atoms with van der Waals surface area (Å²) in [7, 11) is 0. The second-order valence-corrected chi connectivity index (χ2v) is 6.02. The molecule has 5 heteroatoms. The summed E-state index contributed by atoms with van der Waals surface area (Å²) in [5.41, 5.74) is 1.61. The molecule has 1 amide bonds. The molecule has 0 unspecified atom stereocenters. The summed E-state index contributed by atoms with van der Waals surface area (Å²) in [6, 6.07) is 15.1. The molecule has 2 aromatic carbocycles. The number of anilines is 2. The maximum atomic E-state index is 11.9. The van der Waals surface area contributed by atoms with Crippen molar-refractivity contribution in [3.8, 4) is 5.75 Å². The van der Waals surface area contributed by atoms with E-state index in [2.05, 4.69) is 26.6 Å². The van der Waals surface area contributed by atoms with Crippen LogP contribution in [0.15, 0.2) is 53.0 Å². The minimum Gasteiger partial charge on any atom is -0.491 e. The molecular formula is C17H19BrN2O2. The van der Waals surface area contributed by atoms with Gasteiger partial charge in [0.1, 0.15) is 5.75 Å². The van der Waals surface area contributed by atoms with Crippen molar-refractivity contribution in [1.82, 2.24) is 0 Å². The zero-order chi connectivity index (χ0) is 15.9. The van der Waals surface area contributed by atoms with Gasteiger partial charge in [-0.05, 0) is 44.2 Å². The third-order valence-corrected chi connectivity index (χ3v) is 3.26. The van der Waals surface area contributed by atoms with Crippen LogP contribution in [0.4, 0.5) is 11.4 Å². The van der Waals surface area contributed by atoms with Crippen LogP contribution < -0.4 is 15.4 Å². The molecule has 0 aromatic heterocycles. The van der Waals surface area contributed by atoms with Crippen molar-refractivity contribution >= 4 is 33.2 Å². The first-order chi connectivity index (χ1) is 10.5. The van der Waals surface area contributed by atoms with Crippen LogP contribution in [0.3, 0.4) is 0 Å². The Balaban J connectivity index is 1.88. The van der Waals surface area contributed by atoms with Crippen LogP contribution >= 0.6 is 15.9 Å². The Morgan fingerprint density at radius 1 is 1.14 bits per heavy atom. The maximum Gasteiger partial charge on any atom is 0.243 e. The van der Waals surface area contributed by atoms with Gasteiger partial charge in [-0.25, -0.2) is 0 Å². The highest BCUT2D eigenvalue weighted by Crippen LogP contribution is 2.19. The number of nitrogens with one attached hydrogen (secondary N) is 2. The first kappa shape index (κ1) is 16.4. The van der Waals surface area contributed by atoms with Crippen molar-refractivity contribution in [3.05, 3.63) is 53.0 Å². The Kier molecular flexibility index (Phi) is 5.83. The lowest BCUT2D eigenvalue weighted by Crippen LogP contribution is -2.21. The lowest BCUT2D eigenvalue weighted by molar-refractivity contribution is -0.114. The van der Waals surface area contributed by atoms with E-state index < -0.39 is 0 Å². The van der Waals surface area contributed by atoms with Gasteiger partial charge in [-0.3, -0.25) is 4.79 Å². The summed E-state index contributed by atoms with van der Waals surface area (Å²) in [5, 5.41) is 5.93. The van der Waals surface area contributed by atoms with Gasteiger partial charge >= 0.3 is 0 Å². The average molecular weight is 363 g/mol. The normalized spacial score (nSPS) is 10.4. The fraction of sp³-hybridized carbons (Fsp3) is 0.235. The Labute approximate surface area is 139 Å². The van der Waals surface area contributed by atoms with E-state index in [-0.39, 0.29) is 18.6 Å². The van der Waals surface area contributed by atoms with E-state index in [1.54, 1.807) is 0 Å². The Hall–Kier alpha value is -2.01. The molecule has 2 rings (SSSR count). The van der Waals surface area contributed by atoms with E-state index in [0.29, 0.717) is 0 Å². The van der Waals surface area contributed by atoms with Crippen molar-refractivity contribution in [1.29, 1.82) is 0 Å². The molecule has 0 aliphatic carbocycles. The lowest BCUT2D eigenvalue weighted by atomic mass is 10.3. The van der Waals surface area contributed by atoms with Gasteiger partial charge in [-0.2, -0.15) is 0 Å². The number of halogens is 1. The maximum absolute atomic E-state index is 11.9. The number of carbonyl (C=O) groups is 1. The first-order valence-corrected chi connectivity index (χ1v) is 7.88. The summed E-state index contributed by atoms with van der Waals surface area (Å²) < 4.78 is 6.55. The summed E-state index contributed by atoms with van der Waals surface area (Å²) >= 11 is 3.37. The van der Waals surface area contributed by atoms with Crippen LogP contribution in [-0.4, -0.2) is 18.6 Å². The van der Waals surface area contributed by atoms with E-state index in [1.165, 1.54) is 0 Å². The summed E-state index contributed by atoms with van der Waals surface area (Å²) in [4.78, 5) is 11.9. The van der Waals surface area contributed by atoms with Gasteiger partial charge in [0.15, 0.2) is 0 Å². The highest BCUT2D eigenvalue weighted by molar-refractivity contribution is 9.10. The Morgan fingerprint density at radius 3 is 2.59 bits per heavy atom. The molecule has 0 aliphatic rings. The van der Waals surface area contributed by atoms with E-state index in [4.69, 9.17) is 4.74 Å². The summed E-state index contributed by atoms with van der Waals surface area (Å²) in [6.07, 6.45) is 0.120. The van der Waals surface area contributed by atoms with Gasteiger partial charge in [0, 0.05) is 21.9 Å². The fourth-order valence-electron chi connectivity index (χ4n) is 1.91. The third kappa shape index (κ3) is 5.41. The fourth-order valence-corrected chi connectivity index (χ4v) is 2.30. The highest BCUT2D eigenvalue weighted by atomic mass is 79.9. The summed E-state index contributed by atoms with van der Waals surface area (Å²) in [6.45, 7) is 4.15. The van der Waals surface area contributed by atoms with Crippen LogP contribution in [0.5, 0.6) is 5.75 Å². The van der Waals surface area contributed by atoms with Gasteiger partial charge in [0.2, 0.25) is 5.91 Å². The van der Waals surface area contributed by atoms with Crippen molar-refractivity contribution in [2.24, 2.45) is 0 Å². The van der Waals surface area contributed by atoms with E-state index >= 15 is 0 Å². The number of hydrogen-bond donors (Lipinski definition) is 2. The first-order valence-electron chi connectivity index (χ1n) is 7.09. The molecule has 0 radical (unpaired) electrons. The molecule has 0 spiro atoms. The second kappa shape index (κ2) is 7.84. The van der Waals surface area contributed by atoms with Crippen LogP contribution in [0.25, 0.3) is 0 Å². The molecule has 2 N–H and O–H groups in total. The SMILES string of the molecule is CC(C)Oc1cccc(NCC(=O)Nc2cccc(Br)c2)c1. The number of ether oxygens (including phenoxy) is 1. The summed E-state index contributed by atoms with van der Waals surface area (Å²) in [5.74, 6) is 0.681. The minimum atomic E-state index is -0.103. The lowest BCUT2D eigenvalue weighted by Gasteiger charge is -2.12. The van der Waals surface area contributed by atoms with Gasteiger partial charge in [0.05, 0.1) is 12.6 Å². The van der Waals surface area contributed by atoms with Crippen LogP contribution in [-0.2, 0) is 4.79 Å². The molecule has 0 atom stereocenters. The molecule has 0 fully saturated rings. The highest BCUT2D eigenvalue weighted by Gasteiger charge is 2.04. The predicted molar refractivity (Wildman–Crippen MR) is 93.5 cm³/mol. The Bertz CT molecular complexity index is 644. The molecule has 0 aliphatic heterocycles. The van der Waals surface area contributed by atoms with Crippen LogP contribution in [0.2, 0.25) is 0 Å². The molecule has 4 nitrogen and oxygen atoms in total.